The van der Waals surface area contributed by atoms with Crippen LogP contribution >= 0.6 is 11.3 Å². The van der Waals surface area contributed by atoms with E-state index in [1.165, 1.54) is 6.33 Å². The molecular formula is C11H9N3OS. The molecular weight excluding hydrogens is 222 g/mol. The largest absolute Gasteiger partial charge is 0.312 e. The molecule has 3 aromatic heterocycles. The molecule has 3 rings (SSSR count). The number of hydrogen-bond donors (Lipinski definition) is 1. The first-order valence-electron chi connectivity index (χ1n) is 4.86. The van der Waals surface area contributed by atoms with Crippen LogP contribution in [0.1, 0.15) is 5.56 Å². The number of fused-ring (bicyclic) bond motifs is 1. The Balaban J connectivity index is 2.44. The predicted octanol–water partition coefficient (Wildman–Crippen LogP) is 2.08. The summed E-state index contributed by atoms with van der Waals surface area (Å²) in [5, 5.41) is 3.73. The number of aromatic nitrogens is 3. The van der Waals surface area contributed by atoms with Crippen molar-refractivity contribution in [1.82, 2.24) is 14.5 Å². The van der Waals surface area contributed by atoms with Crippen LogP contribution < -0.4 is 5.56 Å². The summed E-state index contributed by atoms with van der Waals surface area (Å²) in [6.07, 6.45) is 3.38. The van der Waals surface area contributed by atoms with Crippen molar-refractivity contribution >= 4 is 22.4 Å². The first-order chi connectivity index (χ1) is 7.77. The van der Waals surface area contributed by atoms with Crippen LogP contribution in [0.5, 0.6) is 0 Å². The van der Waals surface area contributed by atoms with Crippen LogP contribution in [0.25, 0.3) is 16.0 Å². The van der Waals surface area contributed by atoms with E-state index in [4.69, 9.17) is 0 Å². The third kappa shape index (κ3) is 1.22. The van der Waals surface area contributed by atoms with E-state index in [1.54, 1.807) is 11.3 Å². The first kappa shape index (κ1) is 9.35. The molecule has 0 saturated heterocycles. The summed E-state index contributed by atoms with van der Waals surface area (Å²) in [4.78, 5) is 18.5. The highest BCUT2D eigenvalue weighted by molar-refractivity contribution is 7.12. The zero-order chi connectivity index (χ0) is 11.1. The Labute approximate surface area is 95.2 Å². The number of nitrogens with zero attached hydrogens (tertiary/aromatic N) is 2. The van der Waals surface area contributed by atoms with E-state index in [0.29, 0.717) is 11.0 Å². The Morgan fingerprint density at radius 1 is 1.50 bits per heavy atom. The fourth-order valence-corrected chi connectivity index (χ4v) is 2.53. The molecule has 0 spiro atoms. The van der Waals surface area contributed by atoms with Crippen molar-refractivity contribution in [1.29, 1.82) is 0 Å². The number of hydrogen-bond acceptors (Lipinski definition) is 3. The maximum atomic E-state index is 11.7. The van der Waals surface area contributed by atoms with Gasteiger partial charge in [0, 0.05) is 6.20 Å². The van der Waals surface area contributed by atoms with Gasteiger partial charge in [0.2, 0.25) is 0 Å². The van der Waals surface area contributed by atoms with Gasteiger partial charge in [-0.25, -0.2) is 4.98 Å². The summed E-state index contributed by atoms with van der Waals surface area (Å²) < 4.78 is 1.95. The summed E-state index contributed by atoms with van der Waals surface area (Å²) in [6.45, 7) is 1.92. The zero-order valence-corrected chi connectivity index (χ0v) is 9.41. The van der Waals surface area contributed by atoms with Crippen LogP contribution in [0.2, 0.25) is 0 Å². The second-order valence-electron chi connectivity index (χ2n) is 3.56. The van der Waals surface area contributed by atoms with Crippen LogP contribution in [0.3, 0.4) is 0 Å². The monoisotopic (exact) mass is 231 g/mol. The van der Waals surface area contributed by atoms with Crippen molar-refractivity contribution in [3.63, 3.8) is 0 Å². The van der Waals surface area contributed by atoms with Gasteiger partial charge in [-0.2, -0.15) is 0 Å². The van der Waals surface area contributed by atoms with Crippen molar-refractivity contribution in [2.75, 3.05) is 0 Å². The lowest BCUT2D eigenvalue weighted by Gasteiger charge is -1.98. The minimum atomic E-state index is -0.0854. The van der Waals surface area contributed by atoms with E-state index >= 15 is 0 Å². The standard InChI is InChI=1S/C11H9N3OS/c1-7-5-14(8-3-2-4-16-8)10-9(7)11(15)13-6-12-10/h2-6H,1H3,(H,12,13,15). The molecule has 1 N–H and O–H groups in total. The van der Waals surface area contributed by atoms with Crippen molar-refractivity contribution in [3.05, 3.63) is 46.0 Å². The third-order valence-corrected chi connectivity index (χ3v) is 3.39. The van der Waals surface area contributed by atoms with E-state index in [0.717, 1.165) is 10.6 Å². The van der Waals surface area contributed by atoms with Crippen molar-refractivity contribution < 1.29 is 0 Å². The third-order valence-electron chi connectivity index (χ3n) is 2.52. The number of aryl methyl sites for hydroxylation is 1. The number of nitrogens with one attached hydrogen (secondary N) is 1. The Kier molecular flexibility index (Phi) is 1.94. The second kappa shape index (κ2) is 3.31. The lowest BCUT2D eigenvalue weighted by Crippen LogP contribution is -2.06. The minimum absolute atomic E-state index is 0.0854. The number of thiophene rings is 1. The average molecular weight is 231 g/mol. The van der Waals surface area contributed by atoms with Gasteiger partial charge in [0.05, 0.1) is 11.7 Å². The van der Waals surface area contributed by atoms with E-state index in [1.807, 2.05) is 35.2 Å². The van der Waals surface area contributed by atoms with Crippen LogP contribution in [-0.4, -0.2) is 14.5 Å². The number of H-pyrrole nitrogens is 1. The quantitative estimate of drug-likeness (QED) is 0.697. The molecule has 0 aliphatic heterocycles. The summed E-state index contributed by atoms with van der Waals surface area (Å²) in [7, 11) is 0. The molecule has 80 valence electrons. The van der Waals surface area contributed by atoms with Gasteiger partial charge in [0.15, 0.2) is 5.65 Å². The summed E-state index contributed by atoms with van der Waals surface area (Å²) >= 11 is 1.62. The van der Waals surface area contributed by atoms with Crippen LogP contribution in [0, 0.1) is 6.92 Å². The highest BCUT2D eigenvalue weighted by atomic mass is 32.1. The Morgan fingerprint density at radius 3 is 3.12 bits per heavy atom. The minimum Gasteiger partial charge on any atom is -0.312 e. The van der Waals surface area contributed by atoms with E-state index in [9.17, 15) is 4.79 Å². The van der Waals surface area contributed by atoms with Gasteiger partial charge in [-0.1, -0.05) is 0 Å². The molecule has 5 heteroatoms. The molecule has 0 aliphatic carbocycles. The SMILES string of the molecule is Cc1cn(-c2cccs2)c2nc[nH]c(=O)c12. The summed E-state index contributed by atoms with van der Waals surface area (Å²) in [6, 6.07) is 3.99. The lowest BCUT2D eigenvalue weighted by molar-refractivity contribution is 1.08. The van der Waals surface area contributed by atoms with Crippen LogP contribution in [0.15, 0.2) is 34.8 Å². The molecule has 0 fully saturated rings. The highest BCUT2D eigenvalue weighted by Gasteiger charge is 2.11. The van der Waals surface area contributed by atoms with Gasteiger partial charge in [0.1, 0.15) is 5.00 Å². The Hall–Kier alpha value is -1.88. The molecule has 16 heavy (non-hydrogen) atoms. The molecule has 0 saturated carbocycles. The van der Waals surface area contributed by atoms with Crippen LogP contribution in [-0.2, 0) is 0 Å². The van der Waals surface area contributed by atoms with Gasteiger partial charge in [-0.3, -0.25) is 9.36 Å². The maximum absolute atomic E-state index is 11.7. The van der Waals surface area contributed by atoms with Gasteiger partial charge in [0.25, 0.3) is 5.56 Å². The molecule has 4 nitrogen and oxygen atoms in total. The summed E-state index contributed by atoms with van der Waals surface area (Å²) in [5.74, 6) is 0. The fourth-order valence-electron chi connectivity index (χ4n) is 1.82. The molecule has 3 aromatic rings. The smallest absolute Gasteiger partial charge is 0.260 e. The molecule has 0 bridgehead atoms. The Bertz CT molecular complexity index is 694. The van der Waals surface area contributed by atoms with Gasteiger partial charge in [-0.15, -0.1) is 11.3 Å². The molecule has 0 aliphatic rings. The topological polar surface area (TPSA) is 50.7 Å². The van der Waals surface area contributed by atoms with Crippen LogP contribution in [0.4, 0.5) is 0 Å². The van der Waals surface area contributed by atoms with Gasteiger partial charge >= 0.3 is 0 Å². The molecule has 0 unspecified atom stereocenters. The second-order valence-corrected chi connectivity index (χ2v) is 4.49. The van der Waals surface area contributed by atoms with Crippen molar-refractivity contribution in [3.8, 4) is 5.00 Å². The van der Waals surface area contributed by atoms with E-state index in [2.05, 4.69) is 9.97 Å². The number of rotatable bonds is 1. The molecule has 0 aromatic carbocycles. The van der Waals surface area contributed by atoms with Crippen molar-refractivity contribution in [2.24, 2.45) is 0 Å². The average Bonchev–Trinajstić information content (AvgIpc) is 2.86. The molecule has 0 radical (unpaired) electrons. The normalized spacial score (nSPS) is 11.1. The van der Waals surface area contributed by atoms with E-state index < -0.39 is 0 Å². The first-order valence-corrected chi connectivity index (χ1v) is 5.74. The van der Waals surface area contributed by atoms with Crippen molar-refractivity contribution in [2.45, 2.75) is 6.92 Å². The highest BCUT2D eigenvalue weighted by Crippen LogP contribution is 2.22. The van der Waals surface area contributed by atoms with Gasteiger partial charge < -0.3 is 4.98 Å². The zero-order valence-electron chi connectivity index (χ0n) is 8.60. The number of aromatic amines is 1. The van der Waals surface area contributed by atoms with Gasteiger partial charge in [-0.05, 0) is 30.0 Å². The summed E-state index contributed by atoms with van der Waals surface area (Å²) in [5.41, 5.74) is 1.57. The fraction of sp³-hybridized carbons (Fsp3) is 0.0909. The Morgan fingerprint density at radius 2 is 2.38 bits per heavy atom. The maximum Gasteiger partial charge on any atom is 0.260 e. The van der Waals surface area contributed by atoms with E-state index in [-0.39, 0.29) is 5.56 Å². The lowest BCUT2D eigenvalue weighted by atomic mass is 10.3. The molecule has 0 atom stereocenters. The molecule has 0 amide bonds. The molecule has 3 heterocycles. The predicted molar refractivity (Wildman–Crippen MR) is 64.3 cm³/mol.